The Labute approximate surface area is 168 Å². The Bertz CT molecular complexity index is 911. The number of rotatable bonds is 3. The largest absolute Gasteiger partial charge is 0.482 e. The molecule has 1 N–H and O–H groups in total. The van der Waals surface area contributed by atoms with Crippen molar-refractivity contribution >= 4 is 11.8 Å². The van der Waals surface area contributed by atoms with Crippen LogP contribution >= 0.6 is 0 Å². The summed E-state index contributed by atoms with van der Waals surface area (Å²) in [5, 5.41) is 3.00. The van der Waals surface area contributed by atoms with E-state index in [1.54, 1.807) is 30.0 Å². The van der Waals surface area contributed by atoms with E-state index in [-0.39, 0.29) is 23.4 Å². The van der Waals surface area contributed by atoms with E-state index in [0.29, 0.717) is 37.4 Å². The highest BCUT2D eigenvalue weighted by atomic mass is 19.1. The average molecular weight is 398 g/mol. The Hall–Kier alpha value is -3.09. The van der Waals surface area contributed by atoms with Crippen LogP contribution in [0.2, 0.25) is 0 Å². The van der Waals surface area contributed by atoms with Crippen LogP contribution in [-0.4, -0.2) is 48.1 Å². The van der Waals surface area contributed by atoms with Gasteiger partial charge in [-0.1, -0.05) is 24.3 Å². The molecule has 2 aromatic rings. The van der Waals surface area contributed by atoms with Crippen molar-refractivity contribution < 1.29 is 23.5 Å². The van der Waals surface area contributed by atoms with Crippen LogP contribution in [-0.2, 0) is 4.79 Å². The maximum Gasteiger partial charge on any atom is 0.265 e. The normalized spacial score (nSPS) is 21.5. The molecule has 1 fully saturated rings. The number of benzene rings is 2. The van der Waals surface area contributed by atoms with Crippen LogP contribution in [0, 0.1) is 5.82 Å². The lowest BCUT2D eigenvalue weighted by atomic mass is 10.0. The van der Waals surface area contributed by atoms with Crippen LogP contribution in [0.15, 0.2) is 48.5 Å². The van der Waals surface area contributed by atoms with Gasteiger partial charge in [0.25, 0.3) is 11.8 Å². The van der Waals surface area contributed by atoms with E-state index in [4.69, 9.17) is 9.47 Å². The first kappa shape index (κ1) is 19.2. The summed E-state index contributed by atoms with van der Waals surface area (Å²) in [5.41, 5.74) is 0.0789. The molecule has 4 rings (SSSR count). The molecule has 0 saturated carbocycles. The summed E-state index contributed by atoms with van der Waals surface area (Å²) in [6.45, 7) is 2.72. The average Bonchev–Trinajstić information content (AvgIpc) is 2.73. The number of halogens is 1. The van der Waals surface area contributed by atoms with E-state index in [9.17, 15) is 14.0 Å². The number of para-hydroxylation sites is 2. The summed E-state index contributed by atoms with van der Waals surface area (Å²) in [4.78, 5) is 26.9. The highest BCUT2D eigenvalue weighted by Gasteiger charge is 2.35. The molecule has 2 atom stereocenters. The van der Waals surface area contributed by atoms with Crippen molar-refractivity contribution in [3.63, 3.8) is 0 Å². The van der Waals surface area contributed by atoms with Crippen LogP contribution in [0.5, 0.6) is 11.5 Å². The molecule has 0 unspecified atom stereocenters. The minimum Gasteiger partial charge on any atom is -0.482 e. The molecule has 2 heterocycles. The first-order valence-corrected chi connectivity index (χ1v) is 9.79. The predicted octanol–water partition coefficient (Wildman–Crippen LogP) is 2.78. The minimum atomic E-state index is -0.733. The van der Waals surface area contributed by atoms with Crippen LogP contribution in [0.4, 0.5) is 4.39 Å². The van der Waals surface area contributed by atoms with Gasteiger partial charge in [0.1, 0.15) is 11.9 Å². The summed E-state index contributed by atoms with van der Waals surface area (Å²) in [6, 6.07) is 13.2. The maximum absolute atomic E-state index is 13.9. The number of piperidine rings is 1. The van der Waals surface area contributed by atoms with Gasteiger partial charge in [0.15, 0.2) is 11.5 Å². The predicted molar refractivity (Wildman–Crippen MR) is 104 cm³/mol. The van der Waals surface area contributed by atoms with Crippen molar-refractivity contribution in [3.8, 4) is 11.5 Å². The second-order valence-corrected chi connectivity index (χ2v) is 7.36. The van der Waals surface area contributed by atoms with Gasteiger partial charge < -0.3 is 19.7 Å². The van der Waals surface area contributed by atoms with Gasteiger partial charge in [-0.05, 0) is 44.0 Å². The number of fused-ring (bicyclic) bond motifs is 1. The van der Waals surface area contributed by atoms with Crippen molar-refractivity contribution in [2.24, 2.45) is 0 Å². The fourth-order valence-corrected chi connectivity index (χ4v) is 3.72. The third kappa shape index (κ3) is 4.04. The summed E-state index contributed by atoms with van der Waals surface area (Å²) in [6.07, 6.45) is 0.0604. The van der Waals surface area contributed by atoms with E-state index in [0.717, 1.165) is 0 Å². The molecule has 6 nitrogen and oxygen atoms in total. The van der Waals surface area contributed by atoms with Gasteiger partial charge in [0.05, 0.1) is 5.56 Å². The highest BCUT2D eigenvalue weighted by molar-refractivity contribution is 5.94. The molecule has 0 radical (unpaired) electrons. The number of hydrogen-bond acceptors (Lipinski definition) is 4. The number of carbonyl (C=O) groups excluding carboxylic acids is 2. The fourth-order valence-electron chi connectivity index (χ4n) is 3.72. The Morgan fingerprint density at radius 2 is 1.62 bits per heavy atom. The van der Waals surface area contributed by atoms with Crippen LogP contribution < -0.4 is 14.8 Å². The standard InChI is InChI=1S/C22H23FN2O4/c1-14-20(29-19-9-5-4-8-18(19)28-14)21(26)24-15-10-12-25(13-11-15)22(27)16-6-2-3-7-17(16)23/h2-9,14-15,20H,10-13H2,1H3,(H,24,26)/t14-,20+/m1/s1. The lowest BCUT2D eigenvalue weighted by Crippen LogP contribution is -2.54. The third-order valence-electron chi connectivity index (χ3n) is 5.33. The van der Waals surface area contributed by atoms with E-state index in [1.165, 1.54) is 12.1 Å². The third-order valence-corrected chi connectivity index (χ3v) is 5.33. The molecule has 7 heteroatoms. The molecule has 0 bridgehead atoms. The lowest BCUT2D eigenvalue weighted by Gasteiger charge is -2.35. The summed E-state index contributed by atoms with van der Waals surface area (Å²) < 4.78 is 25.5. The van der Waals surface area contributed by atoms with Crippen molar-refractivity contribution in [2.45, 2.75) is 38.0 Å². The van der Waals surface area contributed by atoms with Gasteiger partial charge in [-0.3, -0.25) is 9.59 Å². The molecule has 0 spiro atoms. The molecular formula is C22H23FN2O4. The second-order valence-electron chi connectivity index (χ2n) is 7.36. The number of likely N-dealkylation sites (tertiary alicyclic amines) is 1. The summed E-state index contributed by atoms with van der Waals surface area (Å²) in [7, 11) is 0. The second kappa shape index (κ2) is 8.11. The number of nitrogens with one attached hydrogen (secondary N) is 1. The first-order valence-electron chi connectivity index (χ1n) is 9.79. The molecule has 2 amide bonds. The smallest absolute Gasteiger partial charge is 0.265 e. The van der Waals surface area contributed by atoms with E-state index < -0.39 is 18.0 Å². The van der Waals surface area contributed by atoms with Crippen molar-refractivity contribution in [1.82, 2.24) is 10.2 Å². The lowest BCUT2D eigenvalue weighted by molar-refractivity contribution is -0.134. The zero-order chi connectivity index (χ0) is 20.4. The summed E-state index contributed by atoms with van der Waals surface area (Å²) >= 11 is 0. The van der Waals surface area contributed by atoms with E-state index >= 15 is 0 Å². The maximum atomic E-state index is 13.9. The van der Waals surface area contributed by atoms with Gasteiger partial charge >= 0.3 is 0 Å². The number of carbonyl (C=O) groups is 2. The van der Waals surface area contributed by atoms with Gasteiger partial charge in [0, 0.05) is 19.1 Å². The molecule has 152 valence electrons. The quantitative estimate of drug-likeness (QED) is 0.863. The molecule has 2 aromatic carbocycles. The zero-order valence-electron chi connectivity index (χ0n) is 16.1. The number of nitrogens with zero attached hydrogens (tertiary/aromatic N) is 1. The fraction of sp³-hybridized carbons (Fsp3) is 0.364. The van der Waals surface area contributed by atoms with Crippen LogP contribution in [0.1, 0.15) is 30.1 Å². The zero-order valence-corrected chi connectivity index (χ0v) is 16.1. The molecule has 2 aliphatic heterocycles. The number of ether oxygens (including phenoxy) is 2. The Morgan fingerprint density at radius 1 is 1.00 bits per heavy atom. The van der Waals surface area contributed by atoms with Gasteiger partial charge in [-0.15, -0.1) is 0 Å². The van der Waals surface area contributed by atoms with Gasteiger partial charge in [-0.25, -0.2) is 4.39 Å². The van der Waals surface area contributed by atoms with Crippen LogP contribution in [0.3, 0.4) is 0 Å². The number of hydrogen-bond donors (Lipinski definition) is 1. The number of amides is 2. The Balaban J connectivity index is 1.32. The molecule has 0 aliphatic carbocycles. The Kier molecular flexibility index (Phi) is 5.38. The van der Waals surface area contributed by atoms with Crippen molar-refractivity contribution in [3.05, 3.63) is 59.9 Å². The van der Waals surface area contributed by atoms with E-state index in [2.05, 4.69) is 5.32 Å². The SMILES string of the molecule is C[C@H]1Oc2ccccc2O[C@@H]1C(=O)NC1CCN(C(=O)c2ccccc2F)CC1. The minimum absolute atomic E-state index is 0.0693. The van der Waals surface area contributed by atoms with Crippen LogP contribution in [0.25, 0.3) is 0 Å². The Morgan fingerprint density at radius 3 is 2.31 bits per heavy atom. The van der Waals surface area contributed by atoms with Crippen molar-refractivity contribution in [2.75, 3.05) is 13.1 Å². The molecule has 1 saturated heterocycles. The summed E-state index contributed by atoms with van der Waals surface area (Å²) in [5.74, 6) is 0.115. The van der Waals surface area contributed by atoms with Gasteiger partial charge in [0.2, 0.25) is 6.10 Å². The van der Waals surface area contributed by atoms with Gasteiger partial charge in [-0.2, -0.15) is 0 Å². The topological polar surface area (TPSA) is 67.9 Å². The monoisotopic (exact) mass is 398 g/mol. The molecule has 29 heavy (non-hydrogen) atoms. The molecular weight excluding hydrogens is 375 g/mol. The van der Waals surface area contributed by atoms with Crippen molar-refractivity contribution in [1.29, 1.82) is 0 Å². The molecule has 2 aliphatic rings. The first-order chi connectivity index (χ1) is 14.0. The van der Waals surface area contributed by atoms with E-state index in [1.807, 2.05) is 18.2 Å². The molecule has 0 aromatic heterocycles. The highest BCUT2D eigenvalue weighted by Crippen LogP contribution is 2.33.